The topological polar surface area (TPSA) is 0 Å². The monoisotopic (exact) mass is 849 g/mol. The zero-order valence-electron chi connectivity index (χ0n) is 41.8. The van der Waals surface area contributed by atoms with Gasteiger partial charge < -0.3 is 0 Å². The van der Waals surface area contributed by atoms with Crippen LogP contribution in [0.3, 0.4) is 0 Å². The van der Waals surface area contributed by atoms with E-state index in [-0.39, 0.29) is 0 Å². The molecular weight excluding hydrogens is 769 g/mol. The maximum atomic E-state index is 2.45. The Hall–Kier alpha value is -5.46. The van der Waals surface area contributed by atoms with Gasteiger partial charge in [-0.15, -0.1) is 0 Å². The van der Waals surface area contributed by atoms with Gasteiger partial charge in [-0.25, -0.2) is 0 Å². The summed E-state index contributed by atoms with van der Waals surface area (Å²) in [6.07, 6.45) is 19.6. The fourth-order valence-electron chi connectivity index (χ4n) is 8.24. The van der Waals surface area contributed by atoms with Gasteiger partial charge in [0.1, 0.15) is 0 Å². The van der Waals surface area contributed by atoms with E-state index < -0.39 is 0 Å². The molecule has 0 heteroatoms. The predicted molar refractivity (Wildman–Crippen MR) is 290 cm³/mol. The minimum atomic E-state index is 0.613. The van der Waals surface area contributed by atoms with Crippen LogP contribution in [0.15, 0.2) is 169 Å². The Kier molecular flexibility index (Phi) is 21.6. The van der Waals surface area contributed by atoms with Crippen molar-refractivity contribution in [2.45, 2.75) is 134 Å². The van der Waals surface area contributed by atoms with Gasteiger partial charge in [-0.2, -0.15) is 0 Å². The third-order valence-corrected chi connectivity index (χ3v) is 11.7. The number of rotatable bonds is 7. The normalized spacial score (nSPS) is 14.1. The van der Waals surface area contributed by atoms with E-state index in [0.29, 0.717) is 5.92 Å². The Morgan fingerprint density at radius 3 is 1.77 bits per heavy atom. The minimum absolute atomic E-state index is 0.613. The second-order valence-electron chi connectivity index (χ2n) is 17.6. The SMILES string of the molecule is C/C=C/C1=CCC(C)C=C1.CC.CC.CC(C)C.CCCC.Cc1ccccc1-c1ccc2c3ccccc3c3cc(-c4cccc(Cc5ccccc5)c4)ccc3c2c1C1CCC1. The number of allylic oxidation sites excluding steroid dienone is 6. The lowest BCUT2D eigenvalue weighted by Crippen LogP contribution is -2.11. The van der Waals surface area contributed by atoms with Crippen LogP contribution in [0.25, 0.3) is 54.6 Å². The first-order valence-electron chi connectivity index (χ1n) is 24.8. The van der Waals surface area contributed by atoms with Crippen LogP contribution in [0.4, 0.5) is 0 Å². The Labute approximate surface area is 390 Å². The molecule has 1 unspecified atom stereocenters. The highest BCUT2D eigenvalue weighted by atomic mass is 14.3. The molecule has 0 heterocycles. The van der Waals surface area contributed by atoms with Gasteiger partial charge in [-0.3, -0.25) is 0 Å². The highest BCUT2D eigenvalue weighted by Crippen LogP contribution is 2.49. The van der Waals surface area contributed by atoms with Crippen LogP contribution in [-0.4, -0.2) is 0 Å². The molecule has 1 atom stereocenters. The average Bonchev–Trinajstić information content (AvgIpc) is 3.31. The number of hydrogen-bond acceptors (Lipinski definition) is 0. The number of unbranched alkanes of at least 4 members (excludes halogenated alkanes) is 1. The van der Waals surface area contributed by atoms with Gasteiger partial charge in [0.2, 0.25) is 0 Å². The fraction of sp³-hybridized carbons (Fsp3) is 0.344. The summed E-state index contributed by atoms with van der Waals surface area (Å²) in [6.45, 7) is 25.4. The molecule has 336 valence electrons. The van der Waals surface area contributed by atoms with Crippen molar-refractivity contribution in [3.8, 4) is 22.3 Å². The highest BCUT2D eigenvalue weighted by molar-refractivity contribution is 6.27. The molecule has 0 aliphatic heterocycles. The van der Waals surface area contributed by atoms with Crippen molar-refractivity contribution in [3.05, 3.63) is 192 Å². The minimum Gasteiger partial charge on any atom is -0.0871 e. The lowest BCUT2D eigenvalue weighted by molar-refractivity contribution is 0.423. The Morgan fingerprint density at radius 2 is 1.17 bits per heavy atom. The lowest BCUT2D eigenvalue weighted by atomic mass is 9.73. The van der Waals surface area contributed by atoms with Crippen LogP contribution in [0.5, 0.6) is 0 Å². The molecule has 0 spiro atoms. The summed E-state index contributed by atoms with van der Waals surface area (Å²) in [5, 5.41) is 8.27. The number of aryl methyl sites for hydroxylation is 1. The molecule has 0 N–H and O–H groups in total. The van der Waals surface area contributed by atoms with Crippen LogP contribution in [0.2, 0.25) is 0 Å². The van der Waals surface area contributed by atoms with E-state index in [4.69, 9.17) is 0 Å². The van der Waals surface area contributed by atoms with Gasteiger partial charge in [0.15, 0.2) is 0 Å². The van der Waals surface area contributed by atoms with Gasteiger partial charge in [0, 0.05) is 0 Å². The molecule has 7 aromatic carbocycles. The molecule has 9 rings (SSSR count). The second-order valence-corrected chi connectivity index (χ2v) is 17.6. The molecule has 2 aliphatic rings. The van der Waals surface area contributed by atoms with Crippen LogP contribution in [0.1, 0.15) is 143 Å². The first-order valence-corrected chi connectivity index (χ1v) is 24.8. The molecule has 7 aromatic rings. The van der Waals surface area contributed by atoms with E-state index in [0.717, 1.165) is 18.3 Å². The van der Waals surface area contributed by atoms with Crippen molar-refractivity contribution < 1.29 is 0 Å². The molecule has 0 amide bonds. The van der Waals surface area contributed by atoms with Gasteiger partial charge >= 0.3 is 0 Å². The van der Waals surface area contributed by atoms with Gasteiger partial charge in [-0.05, 0) is 146 Å². The van der Waals surface area contributed by atoms with E-state index in [1.807, 2.05) is 34.6 Å². The Morgan fingerprint density at radius 1 is 0.594 bits per heavy atom. The molecule has 1 saturated carbocycles. The Balaban J connectivity index is 0.000000341. The standard InChI is InChI=1S/C42H34.C10H14.2C4H10.2C2H6/c1-28-11-5-6-18-34(28)37-23-24-38-35-19-7-8-20-36(35)40-27-33(21-22-39(40)42(38)41(37)31-15-10-16-31)32-17-9-14-30(26-32)25-29-12-3-2-4-13-29;1-3-4-10-7-5-9(2)6-8-10;1-4(2)3;1-3-4-2;2*1-2/h2-9,11-14,17-24,26-27,31H,10,15-16,25H2,1H3;3-5,7-9H,6H2,1-2H3;4H,1-3H3;3-4H2,1-2H3;2*1-2H3/b;4-3+;;;;. The molecule has 0 nitrogen and oxygen atoms in total. The molecule has 0 bridgehead atoms. The number of hydrogen-bond donors (Lipinski definition) is 0. The molecule has 0 radical (unpaired) electrons. The van der Waals surface area contributed by atoms with E-state index in [1.54, 1.807) is 5.56 Å². The maximum absolute atomic E-state index is 2.45. The van der Waals surface area contributed by atoms with E-state index in [2.05, 4.69) is 212 Å². The maximum Gasteiger partial charge on any atom is -0.00256 e. The van der Waals surface area contributed by atoms with Crippen LogP contribution < -0.4 is 0 Å². The van der Waals surface area contributed by atoms with Gasteiger partial charge in [0.05, 0.1) is 0 Å². The summed E-state index contributed by atoms with van der Waals surface area (Å²) >= 11 is 0. The number of benzene rings is 7. The fourth-order valence-corrected chi connectivity index (χ4v) is 8.24. The summed E-state index contributed by atoms with van der Waals surface area (Å²) in [6, 6.07) is 49.8. The summed E-state index contributed by atoms with van der Waals surface area (Å²) in [4.78, 5) is 0. The molecule has 0 saturated heterocycles. The summed E-state index contributed by atoms with van der Waals surface area (Å²) in [5.74, 6) is 2.18. The quantitative estimate of drug-likeness (QED) is 0.140. The third kappa shape index (κ3) is 13.8. The van der Waals surface area contributed by atoms with Crippen molar-refractivity contribution in [3.63, 3.8) is 0 Å². The van der Waals surface area contributed by atoms with E-state index in [9.17, 15) is 0 Å². The third-order valence-electron chi connectivity index (χ3n) is 11.7. The van der Waals surface area contributed by atoms with E-state index >= 15 is 0 Å². The summed E-state index contributed by atoms with van der Waals surface area (Å²) in [7, 11) is 0. The second kappa shape index (κ2) is 27.0. The Bertz CT molecular complexity index is 2550. The first kappa shape index (κ1) is 51.2. The zero-order chi connectivity index (χ0) is 46.4. The van der Waals surface area contributed by atoms with Gasteiger partial charge in [-0.1, -0.05) is 246 Å². The molecular formula is C64H80. The molecule has 0 aromatic heterocycles. The van der Waals surface area contributed by atoms with Crippen molar-refractivity contribution in [1.29, 1.82) is 0 Å². The van der Waals surface area contributed by atoms with Crippen LogP contribution in [-0.2, 0) is 6.42 Å². The van der Waals surface area contributed by atoms with Crippen molar-refractivity contribution >= 4 is 32.3 Å². The number of fused-ring (bicyclic) bond motifs is 6. The summed E-state index contributed by atoms with van der Waals surface area (Å²) < 4.78 is 0. The average molecular weight is 849 g/mol. The smallest absolute Gasteiger partial charge is 0.00256 e. The molecule has 1 fully saturated rings. The van der Waals surface area contributed by atoms with Crippen molar-refractivity contribution in [2.75, 3.05) is 0 Å². The molecule has 64 heavy (non-hydrogen) atoms. The van der Waals surface area contributed by atoms with Crippen LogP contribution >= 0.6 is 0 Å². The van der Waals surface area contributed by atoms with Crippen molar-refractivity contribution in [2.24, 2.45) is 11.8 Å². The predicted octanol–water partition coefficient (Wildman–Crippen LogP) is 20.3. The van der Waals surface area contributed by atoms with Crippen molar-refractivity contribution in [1.82, 2.24) is 0 Å². The van der Waals surface area contributed by atoms with Gasteiger partial charge in [0.25, 0.3) is 0 Å². The highest BCUT2D eigenvalue weighted by Gasteiger charge is 2.27. The van der Waals surface area contributed by atoms with E-state index in [1.165, 1.54) is 115 Å². The van der Waals surface area contributed by atoms with Crippen LogP contribution in [0, 0.1) is 18.8 Å². The summed E-state index contributed by atoms with van der Waals surface area (Å²) in [5.41, 5.74) is 12.3. The molecule has 2 aliphatic carbocycles. The largest absolute Gasteiger partial charge is 0.0871 e. The first-order chi connectivity index (χ1) is 31.2. The zero-order valence-corrected chi connectivity index (χ0v) is 41.8. The lowest BCUT2D eigenvalue weighted by Gasteiger charge is -2.31.